The summed E-state index contributed by atoms with van der Waals surface area (Å²) in [7, 11) is -1.99. The number of carbonyl (C=O) groups is 2. The van der Waals surface area contributed by atoms with Gasteiger partial charge in [-0.15, -0.1) is 0 Å². The van der Waals surface area contributed by atoms with E-state index in [-0.39, 0.29) is 22.7 Å². The van der Waals surface area contributed by atoms with E-state index in [1.165, 1.54) is 28.6 Å². The Hall–Kier alpha value is -2.30. The molecule has 0 radical (unpaired) electrons. The largest absolute Gasteiger partial charge is 0.462 e. The van der Waals surface area contributed by atoms with Gasteiger partial charge in [0, 0.05) is 18.7 Å². The van der Waals surface area contributed by atoms with E-state index in [0.717, 1.165) is 43.4 Å². The molecule has 1 aliphatic rings. The molecule has 1 heterocycles. The molecule has 2 aromatic rings. The Morgan fingerprint density at radius 3 is 2.45 bits per heavy atom. The Morgan fingerprint density at radius 2 is 1.84 bits per heavy atom. The van der Waals surface area contributed by atoms with Crippen molar-refractivity contribution in [3.8, 4) is 0 Å². The maximum Gasteiger partial charge on any atom is 0.350 e. The molecule has 1 aromatic heterocycles. The maximum absolute atomic E-state index is 12.9. The van der Waals surface area contributed by atoms with Gasteiger partial charge in [-0.25, -0.2) is 18.2 Å². The van der Waals surface area contributed by atoms with Gasteiger partial charge in [-0.3, -0.25) is 10.1 Å². The molecule has 0 bridgehead atoms. The molecule has 0 saturated heterocycles. The molecule has 1 fully saturated rings. The number of thiazole rings is 1. The first-order valence-electron chi connectivity index (χ1n) is 10.3. The predicted octanol–water partition coefficient (Wildman–Crippen LogP) is 3.83. The van der Waals surface area contributed by atoms with Crippen LogP contribution in [0.2, 0.25) is 0 Å². The van der Waals surface area contributed by atoms with Crippen molar-refractivity contribution in [3.63, 3.8) is 0 Å². The maximum atomic E-state index is 12.9. The second-order valence-electron chi connectivity index (χ2n) is 7.45. The van der Waals surface area contributed by atoms with Crippen molar-refractivity contribution in [1.82, 2.24) is 9.29 Å². The molecule has 1 aromatic carbocycles. The lowest BCUT2D eigenvalue weighted by Crippen LogP contribution is -2.38. The number of carbonyl (C=O) groups excluding carboxylic acids is 2. The third-order valence-corrected chi connectivity index (χ3v) is 8.34. The van der Waals surface area contributed by atoms with Gasteiger partial charge in [-0.2, -0.15) is 4.31 Å². The van der Waals surface area contributed by atoms with Crippen molar-refractivity contribution in [1.29, 1.82) is 0 Å². The number of hydrogen-bond donors (Lipinski definition) is 1. The fourth-order valence-electron chi connectivity index (χ4n) is 3.59. The van der Waals surface area contributed by atoms with Crippen LogP contribution < -0.4 is 5.32 Å². The highest BCUT2D eigenvalue weighted by molar-refractivity contribution is 7.89. The van der Waals surface area contributed by atoms with Crippen LogP contribution in [0.15, 0.2) is 29.2 Å². The third-order valence-electron chi connectivity index (χ3n) is 5.36. The van der Waals surface area contributed by atoms with Crippen molar-refractivity contribution in [3.05, 3.63) is 40.4 Å². The standard InChI is InChI=1S/C21H27N3O5S2/c1-4-29-20(26)18-14(2)22-21(30-18)23-19(25)15-10-12-17(13-11-15)31(27,28)24(3)16-8-6-5-7-9-16/h10-13,16H,4-9H2,1-3H3,(H,22,23,25). The predicted molar refractivity (Wildman–Crippen MR) is 119 cm³/mol. The summed E-state index contributed by atoms with van der Waals surface area (Å²) >= 11 is 1.04. The molecular formula is C21H27N3O5S2. The lowest BCUT2D eigenvalue weighted by molar-refractivity contribution is 0.0531. The van der Waals surface area contributed by atoms with Gasteiger partial charge in [0.25, 0.3) is 5.91 Å². The first kappa shape index (κ1) is 23.4. The normalized spacial score (nSPS) is 15.1. The number of nitrogens with one attached hydrogen (secondary N) is 1. The molecule has 31 heavy (non-hydrogen) atoms. The highest BCUT2D eigenvalue weighted by atomic mass is 32.2. The minimum absolute atomic E-state index is 0.0171. The van der Waals surface area contributed by atoms with Gasteiger partial charge in [0.2, 0.25) is 10.0 Å². The molecule has 1 aliphatic carbocycles. The van der Waals surface area contributed by atoms with Crippen molar-refractivity contribution in [2.45, 2.75) is 56.9 Å². The summed E-state index contributed by atoms with van der Waals surface area (Å²) in [5.74, 6) is -0.914. The van der Waals surface area contributed by atoms with Gasteiger partial charge in [0.05, 0.1) is 17.2 Å². The second-order valence-corrected chi connectivity index (χ2v) is 10.4. The fraction of sp³-hybridized carbons (Fsp3) is 0.476. The van der Waals surface area contributed by atoms with Crippen LogP contribution in [0.5, 0.6) is 0 Å². The summed E-state index contributed by atoms with van der Waals surface area (Å²) in [5.41, 5.74) is 0.774. The lowest BCUT2D eigenvalue weighted by atomic mass is 9.96. The van der Waals surface area contributed by atoms with Crippen molar-refractivity contribution in [2.24, 2.45) is 0 Å². The lowest BCUT2D eigenvalue weighted by Gasteiger charge is -2.30. The molecule has 0 aliphatic heterocycles. The van der Waals surface area contributed by atoms with E-state index >= 15 is 0 Å². The van der Waals surface area contributed by atoms with E-state index in [4.69, 9.17) is 4.74 Å². The number of rotatable bonds is 7. The smallest absolute Gasteiger partial charge is 0.350 e. The molecule has 10 heteroatoms. The molecule has 0 atom stereocenters. The fourth-order valence-corrected chi connectivity index (χ4v) is 5.86. The summed E-state index contributed by atoms with van der Waals surface area (Å²) in [6, 6.07) is 5.86. The molecule has 3 rings (SSSR count). The summed E-state index contributed by atoms with van der Waals surface area (Å²) in [5, 5.41) is 2.93. The van der Waals surface area contributed by atoms with Crippen LogP contribution >= 0.6 is 11.3 Å². The minimum atomic E-state index is -3.62. The van der Waals surface area contributed by atoms with Crippen molar-refractivity contribution in [2.75, 3.05) is 19.0 Å². The van der Waals surface area contributed by atoms with E-state index in [1.807, 2.05) is 0 Å². The molecule has 0 unspecified atom stereocenters. The van der Waals surface area contributed by atoms with Crippen LogP contribution in [0.25, 0.3) is 0 Å². The average Bonchev–Trinajstić information content (AvgIpc) is 3.14. The first-order chi connectivity index (χ1) is 14.7. The topological polar surface area (TPSA) is 106 Å². The molecule has 1 N–H and O–H groups in total. The number of ether oxygens (including phenoxy) is 1. The molecule has 168 valence electrons. The Bertz CT molecular complexity index is 1040. The molecule has 1 saturated carbocycles. The monoisotopic (exact) mass is 465 g/mol. The van der Waals surface area contributed by atoms with Crippen LogP contribution in [0, 0.1) is 6.92 Å². The summed E-state index contributed by atoms with van der Waals surface area (Å²) in [6.07, 6.45) is 4.97. The second kappa shape index (κ2) is 9.88. The zero-order valence-corrected chi connectivity index (χ0v) is 19.5. The Labute approximate surface area is 186 Å². The summed E-state index contributed by atoms with van der Waals surface area (Å²) < 4.78 is 32.3. The Balaban J connectivity index is 1.70. The molecule has 8 nitrogen and oxygen atoms in total. The number of aryl methyl sites for hydroxylation is 1. The first-order valence-corrected chi connectivity index (χ1v) is 12.5. The number of esters is 1. The minimum Gasteiger partial charge on any atom is -0.462 e. The SMILES string of the molecule is CCOC(=O)c1sc(NC(=O)c2ccc(S(=O)(=O)N(C)C3CCCCC3)cc2)nc1C. The van der Waals surface area contributed by atoms with Crippen molar-refractivity contribution < 1.29 is 22.7 Å². The van der Waals surface area contributed by atoms with Gasteiger partial charge < -0.3 is 4.74 Å². The van der Waals surface area contributed by atoms with E-state index in [9.17, 15) is 18.0 Å². The Kier molecular flexibility index (Phi) is 7.45. The summed E-state index contributed by atoms with van der Waals surface area (Å²) in [6.45, 7) is 3.64. The Morgan fingerprint density at radius 1 is 1.19 bits per heavy atom. The van der Waals surface area contributed by atoms with Crippen LogP contribution in [-0.4, -0.2) is 49.3 Å². The van der Waals surface area contributed by atoms with Gasteiger partial charge in [-0.05, 0) is 51.0 Å². The number of sulfonamides is 1. The van der Waals surface area contributed by atoms with E-state index < -0.39 is 21.9 Å². The van der Waals surface area contributed by atoms with Crippen LogP contribution in [0.4, 0.5) is 5.13 Å². The average molecular weight is 466 g/mol. The van der Waals surface area contributed by atoms with Gasteiger partial charge in [0.15, 0.2) is 5.13 Å². The number of nitrogens with zero attached hydrogens (tertiary/aromatic N) is 2. The number of amides is 1. The number of aromatic nitrogens is 1. The zero-order valence-electron chi connectivity index (χ0n) is 17.9. The zero-order chi connectivity index (χ0) is 22.6. The van der Waals surface area contributed by atoms with E-state index in [1.54, 1.807) is 20.9 Å². The van der Waals surface area contributed by atoms with E-state index in [2.05, 4.69) is 10.3 Å². The van der Waals surface area contributed by atoms with Gasteiger partial charge >= 0.3 is 5.97 Å². The molecule has 1 amide bonds. The third kappa shape index (κ3) is 5.31. The van der Waals surface area contributed by atoms with Crippen LogP contribution in [-0.2, 0) is 14.8 Å². The van der Waals surface area contributed by atoms with Gasteiger partial charge in [-0.1, -0.05) is 30.6 Å². The quantitative estimate of drug-likeness (QED) is 0.623. The molecular weight excluding hydrogens is 438 g/mol. The van der Waals surface area contributed by atoms with Crippen LogP contribution in [0.3, 0.4) is 0 Å². The number of anilines is 1. The van der Waals surface area contributed by atoms with E-state index in [0.29, 0.717) is 16.1 Å². The van der Waals surface area contributed by atoms with Gasteiger partial charge in [0.1, 0.15) is 4.88 Å². The van der Waals surface area contributed by atoms with Crippen LogP contribution in [0.1, 0.15) is 64.8 Å². The summed E-state index contributed by atoms with van der Waals surface area (Å²) in [4.78, 5) is 29.2. The highest BCUT2D eigenvalue weighted by Gasteiger charge is 2.29. The molecule has 0 spiro atoms. The van der Waals surface area contributed by atoms with Crippen molar-refractivity contribution >= 4 is 38.4 Å². The highest BCUT2D eigenvalue weighted by Crippen LogP contribution is 2.27. The number of hydrogen-bond acceptors (Lipinski definition) is 7. The number of benzene rings is 1.